The van der Waals surface area contributed by atoms with E-state index in [1.807, 2.05) is 29.6 Å². The van der Waals surface area contributed by atoms with Crippen molar-refractivity contribution in [1.82, 2.24) is 9.88 Å². The van der Waals surface area contributed by atoms with Gasteiger partial charge in [-0.3, -0.25) is 9.69 Å². The summed E-state index contributed by atoms with van der Waals surface area (Å²) < 4.78 is 16.9. The molecular formula is C21H27N3O4S. The van der Waals surface area contributed by atoms with E-state index in [1.165, 1.54) is 11.3 Å². The summed E-state index contributed by atoms with van der Waals surface area (Å²) in [5, 5.41) is 5.49. The number of amides is 1. The third kappa shape index (κ3) is 4.45. The Hall–Kier alpha value is -2.00. The first kappa shape index (κ1) is 20.3. The number of carbonyl (C=O) groups is 1. The summed E-state index contributed by atoms with van der Waals surface area (Å²) in [5.41, 5.74) is 1.56. The molecule has 0 radical (unpaired) electrons. The third-order valence-electron chi connectivity index (χ3n) is 5.71. The highest BCUT2D eigenvalue weighted by Crippen LogP contribution is 2.36. The second-order valence-electron chi connectivity index (χ2n) is 7.56. The monoisotopic (exact) mass is 417 g/mol. The van der Waals surface area contributed by atoms with Crippen LogP contribution in [0, 0.1) is 0 Å². The van der Waals surface area contributed by atoms with Crippen LogP contribution < -0.4 is 10.1 Å². The highest BCUT2D eigenvalue weighted by Gasteiger charge is 2.47. The Morgan fingerprint density at radius 2 is 2.21 bits per heavy atom. The van der Waals surface area contributed by atoms with Crippen molar-refractivity contribution in [3.63, 3.8) is 0 Å². The van der Waals surface area contributed by atoms with E-state index in [0.29, 0.717) is 11.7 Å². The maximum Gasteiger partial charge on any atom is 0.240 e. The molecule has 1 amide bonds. The van der Waals surface area contributed by atoms with Crippen molar-refractivity contribution in [2.24, 2.45) is 0 Å². The maximum atomic E-state index is 12.6. The van der Waals surface area contributed by atoms with E-state index in [2.05, 4.69) is 15.2 Å². The number of rotatable bonds is 6. The fraction of sp³-hybridized carbons (Fsp3) is 0.524. The lowest BCUT2D eigenvalue weighted by Gasteiger charge is -2.44. The number of anilines is 1. The molecule has 0 bridgehead atoms. The van der Waals surface area contributed by atoms with Gasteiger partial charge in [0.1, 0.15) is 11.4 Å². The number of piperidine rings is 1. The topological polar surface area (TPSA) is 72.9 Å². The van der Waals surface area contributed by atoms with Gasteiger partial charge in [0, 0.05) is 37.7 Å². The zero-order valence-electron chi connectivity index (χ0n) is 16.8. The standard InChI is InChI=1S/C21H27N3O4S/c1-26-16-6-4-15(5-7-16)17-13-29-20(22-17)23-19(25)12-24-10-8-18(27-2)21(14-24)9-3-11-28-21/h4-7,13,18H,3,8-12,14H2,1-2H3,(H,22,23,25)/t18-,21+/m0/s1. The average Bonchev–Trinajstić information content (AvgIpc) is 3.38. The zero-order valence-corrected chi connectivity index (χ0v) is 17.7. The summed E-state index contributed by atoms with van der Waals surface area (Å²) in [5.74, 6) is 0.753. The van der Waals surface area contributed by atoms with Crippen LogP contribution in [0.5, 0.6) is 5.75 Å². The first-order chi connectivity index (χ1) is 14.1. The van der Waals surface area contributed by atoms with Gasteiger partial charge in [0.05, 0.1) is 25.5 Å². The van der Waals surface area contributed by atoms with Crippen LogP contribution in [-0.4, -0.2) is 68.0 Å². The van der Waals surface area contributed by atoms with Gasteiger partial charge in [-0.05, 0) is 43.5 Å². The molecule has 2 aliphatic rings. The van der Waals surface area contributed by atoms with E-state index in [-0.39, 0.29) is 17.6 Å². The fourth-order valence-electron chi connectivity index (χ4n) is 4.27. The number of nitrogens with one attached hydrogen (secondary N) is 1. The Balaban J connectivity index is 1.34. The lowest BCUT2D eigenvalue weighted by atomic mass is 9.87. The minimum Gasteiger partial charge on any atom is -0.497 e. The van der Waals surface area contributed by atoms with Gasteiger partial charge >= 0.3 is 0 Å². The Morgan fingerprint density at radius 3 is 2.90 bits per heavy atom. The van der Waals surface area contributed by atoms with Gasteiger partial charge in [0.25, 0.3) is 0 Å². The Morgan fingerprint density at radius 1 is 1.38 bits per heavy atom. The molecule has 1 N–H and O–H groups in total. The van der Waals surface area contributed by atoms with Gasteiger partial charge in [0.2, 0.25) is 5.91 Å². The van der Waals surface area contributed by atoms with Crippen LogP contribution in [0.1, 0.15) is 19.3 Å². The highest BCUT2D eigenvalue weighted by molar-refractivity contribution is 7.14. The molecule has 1 aromatic heterocycles. The molecule has 2 aromatic rings. The van der Waals surface area contributed by atoms with Gasteiger partial charge in [-0.15, -0.1) is 11.3 Å². The van der Waals surface area contributed by atoms with Crippen LogP contribution in [-0.2, 0) is 14.3 Å². The number of methoxy groups -OCH3 is 2. The molecule has 2 atom stereocenters. The van der Waals surface area contributed by atoms with Crippen molar-refractivity contribution in [3.05, 3.63) is 29.6 Å². The maximum absolute atomic E-state index is 12.6. The van der Waals surface area contributed by atoms with E-state index in [0.717, 1.165) is 56.0 Å². The van der Waals surface area contributed by atoms with Gasteiger partial charge in [0.15, 0.2) is 5.13 Å². The first-order valence-corrected chi connectivity index (χ1v) is 10.8. The molecule has 1 spiro atoms. The quantitative estimate of drug-likeness (QED) is 0.779. The van der Waals surface area contributed by atoms with Crippen molar-refractivity contribution in [1.29, 1.82) is 0 Å². The molecule has 29 heavy (non-hydrogen) atoms. The molecule has 2 saturated heterocycles. The molecule has 0 saturated carbocycles. The number of aromatic nitrogens is 1. The van der Waals surface area contributed by atoms with Crippen molar-refractivity contribution in [2.45, 2.75) is 31.0 Å². The zero-order chi connectivity index (χ0) is 20.3. The molecule has 7 nitrogen and oxygen atoms in total. The molecule has 4 rings (SSSR count). The van der Waals surface area contributed by atoms with Gasteiger partial charge in [-0.2, -0.15) is 0 Å². The van der Waals surface area contributed by atoms with E-state index < -0.39 is 0 Å². The summed E-state index contributed by atoms with van der Waals surface area (Å²) in [6.07, 6.45) is 3.02. The lowest BCUT2D eigenvalue weighted by molar-refractivity contribution is -0.146. The van der Waals surface area contributed by atoms with Crippen molar-refractivity contribution in [2.75, 3.05) is 45.8 Å². The molecule has 8 heteroatoms. The molecule has 2 aliphatic heterocycles. The second-order valence-corrected chi connectivity index (χ2v) is 8.41. The predicted octanol–water partition coefficient (Wildman–Crippen LogP) is 3.03. The van der Waals surface area contributed by atoms with Crippen LogP contribution in [0.25, 0.3) is 11.3 Å². The molecule has 2 fully saturated rings. The van der Waals surface area contributed by atoms with Gasteiger partial charge in [-0.25, -0.2) is 4.98 Å². The summed E-state index contributed by atoms with van der Waals surface area (Å²) >= 11 is 1.43. The van der Waals surface area contributed by atoms with Gasteiger partial charge in [-0.1, -0.05) is 0 Å². The fourth-order valence-corrected chi connectivity index (χ4v) is 5.01. The molecule has 0 unspecified atom stereocenters. The van der Waals surface area contributed by atoms with E-state index in [9.17, 15) is 4.79 Å². The number of likely N-dealkylation sites (tertiary alicyclic amines) is 1. The molecule has 1 aromatic carbocycles. The van der Waals surface area contributed by atoms with Crippen molar-refractivity contribution in [3.8, 4) is 17.0 Å². The van der Waals surface area contributed by atoms with Crippen LogP contribution in [0.3, 0.4) is 0 Å². The van der Waals surface area contributed by atoms with Gasteiger partial charge < -0.3 is 19.5 Å². The lowest BCUT2D eigenvalue weighted by Crippen LogP contribution is -2.58. The SMILES string of the molecule is COc1ccc(-c2csc(NC(=O)CN3CC[C@H](OC)[C@@]4(CCCO4)C3)n2)cc1. The predicted molar refractivity (Wildman–Crippen MR) is 113 cm³/mol. The number of hydrogen-bond donors (Lipinski definition) is 1. The first-order valence-electron chi connectivity index (χ1n) is 9.91. The largest absolute Gasteiger partial charge is 0.497 e. The number of benzene rings is 1. The number of carbonyl (C=O) groups excluding carboxylic acids is 1. The van der Waals surface area contributed by atoms with Crippen molar-refractivity contribution < 1.29 is 19.0 Å². The minimum atomic E-state index is -0.268. The number of thiazole rings is 1. The molecule has 0 aliphatic carbocycles. The molecule has 156 valence electrons. The Kier molecular flexibility index (Phi) is 6.15. The van der Waals surface area contributed by atoms with E-state index in [1.54, 1.807) is 14.2 Å². The van der Waals surface area contributed by atoms with Crippen molar-refractivity contribution >= 4 is 22.4 Å². The van der Waals surface area contributed by atoms with Crippen LogP contribution in [0.15, 0.2) is 29.6 Å². The minimum absolute atomic E-state index is 0.0513. The average molecular weight is 418 g/mol. The van der Waals surface area contributed by atoms with E-state index >= 15 is 0 Å². The molecule has 3 heterocycles. The highest BCUT2D eigenvalue weighted by atomic mass is 32.1. The summed E-state index contributed by atoms with van der Waals surface area (Å²) in [6, 6.07) is 7.72. The number of nitrogens with zero attached hydrogens (tertiary/aromatic N) is 2. The summed E-state index contributed by atoms with van der Waals surface area (Å²) in [7, 11) is 3.39. The number of hydrogen-bond acceptors (Lipinski definition) is 7. The Bertz CT molecular complexity index is 833. The van der Waals surface area contributed by atoms with Crippen LogP contribution >= 0.6 is 11.3 Å². The van der Waals surface area contributed by atoms with E-state index in [4.69, 9.17) is 14.2 Å². The Labute approximate surface area is 175 Å². The third-order valence-corrected chi connectivity index (χ3v) is 6.47. The molecular weight excluding hydrogens is 390 g/mol. The summed E-state index contributed by atoms with van der Waals surface area (Å²) in [4.78, 5) is 19.3. The van der Waals surface area contributed by atoms with Crippen LogP contribution in [0.2, 0.25) is 0 Å². The normalized spacial score (nSPS) is 24.7. The van der Waals surface area contributed by atoms with Crippen LogP contribution in [0.4, 0.5) is 5.13 Å². The smallest absolute Gasteiger partial charge is 0.240 e. The second kappa shape index (κ2) is 8.79. The number of ether oxygens (including phenoxy) is 3. The summed E-state index contributed by atoms with van der Waals surface area (Å²) in [6.45, 7) is 2.66.